The highest BCUT2D eigenvalue weighted by Gasteiger charge is 1.96. The minimum Gasteiger partial charge on any atom is -0.134 e. The monoisotopic (exact) mass is 193 g/mol. The van der Waals surface area contributed by atoms with Gasteiger partial charge >= 0.3 is 0 Å². The van der Waals surface area contributed by atoms with Crippen LogP contribution in [0.3, 0.4) is 0 Å². The number of thiophene rings is 1. The maximum atomic E-state index is 5.77. The molecule has 0 bridgehead atoms. The summed E-state index contributed by atoms with van der Waals surface area (Å²) in [5.41, 5.74) is 1.20. The average molecular weight is 194 g/mol. The van der Waals surface area contributed by atoms with Crippen LogP contribution in [0, 0.1) is 5.38 Å². The first kappa shape index (κ1) is 7.84. The van der Waals surface area contributed by atoms with Gasteiger partial charge in [-0.15, -0.1) is 11.3 Å². The molecule has 0 aliphatic carbocycles. The van der Waals surface area contributed by atoms with Gasteiger partial charge in [-0.1, -0.05) is 23.7 Å². The van der Waals surface area contributed by atoms with Crippen molar-refractivity contribution in [2.45, 2.75) is 0 Å². The minimum atomic E-state index is 0.777. The van der Waals surface area contributed by atoms with Gasteiger partial charge in [-0.3, -0.25) is 0 Å². The first-order valence-electron chi connectivity index (χ1n) is 3.58. The molecule has 0 N–H and O–H groups in total. The molecule has 0 unspecified atom stereocenters. The summed E-state index contributed by atoms with van der Waals surface area (Å²) in [5, 5.41) is 3.83. The van der Waals surface area contributed by atoms with Gasteiger partial charge in [-0.2, -0.15) is 0 Å². The summed E-state index contributed by atoms with van der Waals surface area (Å²) in [6.45, 7) is 0. The van der Waals surface area contributed by atoms with Crippen LogP contribution in [-0.4, -0.2) is 0 Å². The molecular formula is C10H6ClS. The Morgan fingerprint density at radius 1 is 1.08 bits per heavy atom. The second-order valence-electron chi connectivity index (χ2n) is 2.42. The molecule has 0 saturated heterocycles. The van der Waals surface area contributed by atoms with Crippen molar-refractivity contribution < 1.29 is 0 Å². The lowest BCUT2D eigenvalue weighted by molar-refractivity contribution is 1.70. The summed E-state index contributed by atoms with van der Waals surface area (Å²) in [7, 11) is 0. The Balaban J connectivity index is 2.43. The van der Waals surface area contributed by atoms with E-state index in [1.165, 1.54) is 10.4 Å². The van der Waals surface area contributed by atoms with Gasteiger partial charge in [0.1, 0.15) is 0 Å². The zero-order valence-corrected chi connectivity index (χ0v) is 7.82. The van der Waals surface area contributed by atoms with Crippen molar-refractivity contribution in [3.05, 3.63) is 46.8 Å². The molecule has 0 aliphatic rings. The van der Waals surface area contributed by atoms with Crippen molar-refractivity contribution in [3.63, 3.8) is 0 Å². The predicted octanol–water partition coefficient (Wildman–Crippen LogP) is 3.87. The van der Waals surface area contributed by atoms with Crippen molar-refractivity contribution in [1.29, 1.82) is 0 Å². The van der Waals surface area contributed by atoms with Crippen molar-refractivity contribution in [2.75, 3.05) is 0 Å². The Hall–Kier alpha value is -0.790. The largest absolute Gasteiger partial charge is 0.134 e. The molecule has 2 rings (SSSR count). The third kappa shape index (κ3) is 1.52. The van der Waals surface area contributed by atoms with E-state index in [-0.39, 0.29) is 0 Å². The van der Waals surface area contributed by atoms with Gasteiger partial charge in [0, 0.05) is 15.3 Å². The van der Waals surface area contributed by atoms with Crippen molar-refractivity contribution >= 4 is 22.9 Å². The van der Waals surface area contributed by atoms with Crippen molar-refractivity contribution in [1.82, 2.24) is 0 Å². The van der Waals surface area contributed by atoms with E-state index in [9.17, 15) is 0 Å². The van der Waals surface area contributed by atoms with E-state index in [0.29, 0.717) is 0 Å². The van der Waals surface area contributed by atoms with E-state index < -0.39 is 0 Å². The van der Waals surface area contributed by atoms with E-state index in [2.05, 4.69) is 5.38 Å². The normalized spacial score (nSPS) is 10.1. The summed E-state index contributed by atoms with van der Waals surface area (Å²) >= 11 is 7.38. The number of hydrogen-bond donors (Lipinski definition) is 0. The first-order valence-corrected chi connectivity index (χ1v) is 4.77. The van der Waals surface area contributed by atoms with Crippen LogP contribution in [0.2, 0.25) is 5.02 Å². The fourth-order valence-corrected chi connectivity index (χ4v) is 1.79. The average Bonchev–Trinajstić information content (AvgIpc) is 2.58. The molecule has 0 saturated carbocycles. The summed E-state index contributed by atoms with van der Waals surface area (Å²) < 4.78 is 0. The van der Waals surface area contributed by atoms with Gasteiger partial charge in [0.05, 0.1) is 0 Å². The third-order valence-electron chi connectivity index (χ3n) is 1.60. The second kappa shape index (κ2) is 3.30. The molecule has 0 fully saturated rings. The lowest BCUT2D eigenvalue weighted by Gasteiger charge is -1.95. The Bertz CT molecular complexity index is 348. The quantitative estimate of drug-likeness (QED) is 0.645. The van der Waals surface area contributed by atoms with Gasteiger partial charge in [-0.05, 0) is 29.8 Å². The van der Waals surface area contributed by atoms with E-state index in [4.69, 9.17) is 11.6 Å². The molecule has 1 heterocycles. The molecule has 2 aromatic rings. The second-order valence-corrected chi connectivity index (χ2v) is 3.74. The highest BCUT2D eigenvalue weighted by atomic mass is 35.5. The highest BCUT2D eigenvalue weighted by Crippen LogP contribution is 2.25. The fraction of sp³-hybridized carbons (Fsp3) is 0. The third-order valence-corrected chi connectivity index (χ3v) is 2.70. The highest BCUT2D eigenvalue weighted by molar-refractivity contribution is 7.13. The lowest BCUT2D eigenvalue weighted by atomic mass is 10.2. The van der Waals surface area contributed by atoms with Crippen molar-refractivity contribution in [2.24, 2.45) is 0 Å². The molecule has 1 aromatic carbocycles. The Morgan fingerprint density at radius 3 is 2.42 bits per heavy atom. The number of benzene rings is 1. The number of rotatable bonds is 1. The smallest absolute Gasteiger partial charge is 0.0449 e. The van der Waals surface area contributed by atoms with Gasteiger partial charge in [-0.25, -0.2) is 0 Å². The van der Waals surface area contributed by atoms with Gasteiger partial charge in [0.15, 0.2) is 0 Å². The molecule has 1 aromatic heterocycles. The molecule has 0 aliphatic heterocycles. The summed E-state index contributed by atoms with van der Waals surface area (Å²) in [6, 6.07) is 11.8. The molecule has 0 spiro atoms. The van der Waals surface area contributed by atoms with Gasteiger partial charge in [0.2, 0.25) is 0 Å². The molecule has 59 valence electrons. The molecular weight excluding hydrogens is 188 g/mol. The minimum absolute atomic E-state index is 0.777. The summed E-state index contributed by atoms with van der Waals surface area (Å²) in [6.07, 6.45) is 0. The first-order chi connectivity index (χ1) is 5.86. The fourth-order valence-electron chi connectivity index (χ4n) is 1.01. The molecule has 0 nitrogen and oxygen atoms in total. The standard InChI is InChI=1S/C10H6ClS/c11-9-5-3-8(4-6-9)10-2-1-7-12-10/h1-6H. The van der Waals surface area contributed by atoms with Crippen LogP contribution in [0.4, 0.5) is 0 Å². The molecule has 2 heteroatoms. The predicted molar refractivity (Wildman–Crippen MR) is 53.6 cm³/mol. The summed E-state index contributed by atoms with van der Waals surface area (Å²) in [5.74, 6) is 0. The number of hydrogen-bond acceptors (Lipinski definition) is 1. The molecule has 12 heavy (non-hydrogen) atoms. The zero-order valence-electron chi connectivity index (χ0n) is 6.25. The topological polar surface area (TPSA) is 0 Å². The molecule has 0 amide bonds. The van der Waals surface area contributed by atoms with Crippen LogP contribution in [0.15, 0.2) is 36.4 Å². The van der Waals surface area contributed by atoms with Crippen LogP contribution < -0.4 is 0 Å². The maximum Gasteiger partial charge on any atom is 0.0449 e. The van der Waals surface area contributed by atoms with Crippen LogP contribution in [-0.2, 0) is 0 Å². The molecule has 1 radical (unpaired) electrons. The summed E-state index contributed by atoms with van der Waals surface area (Å²) in [4.78, 5) is 1.23. The van der Waals surface area contributed by atoms with E-state index in [1.807, 2.05) is 36.4 Å². The SMILES string of the molecule is Clc1ccc(-c2cc[c]s2)cc1. The number of halogens is 1. The molecule has 0 atom stereocenters. The van der Waals surface area contributed by atoms with Gasteiger partial charge < -0.3 is 0 Å². The maximum absolute atomic E-state index is 5.77. The lowest BCUT2D eigenvalue weighted by Crippen LogP contribution is -1.69. The van der Waals surface area contributed by atoms with E-state index >= 15 is 0 Å². The van der Waals surface area contributed by atoms with E-state index in [1.54, 1.807) is 11.3 Å². The van der Waals surface area contributed by atoms with Crippen LogP contribution in [0.5, 0.6) is 0 Å². The van der Waals surface area contributed by atoms with Crippen LogP contribution >= 0.6 is 22.9 Å². The zero-order chi connectivity index (χ0) is 8.39. The van der Waals surface area contributed by atoms with Crippen molar-refractivity contribution in [3.8, 4) is 10.4 Å². The Morgan fingerprint density at radius 2 is 1.83 bits per heavy atom. The van der Waals surface area contributed by atoms with Crippen LogP contribution in [0.25, 0.3) is 10.4 Å². The van der Waals surface area contributed by atoms with Gasteiger partial charge in [0.25, 0.3) is 0 Å². The van der Waals surface area contributed by atoms with Crippen LogP contribution in [0.1, 0.15) is 0 Å². The Labute approximate surface area is 80.4 Å². The van der Waals surface area contributed by atoms with E-state index in [0.717, 1.165) is 5.02 Å². The Kier molecular flexibility index (Phi) is 2.15.